The van der Waals surface area contributed by atoms with Gasteiger partial charge in [0, 0.05) is 6.42 Å². The first-order valence-electron chi connectivity index (χ1n) is 12.5. The van der Waals surface area contributed by atoms with Crippen molar-refractivity contribution in [3.63, 3.8) is 0 Å². The molecule has 0 spiro atoms. The summed E-state index contributed by atoms with van der Waals surface area (Å²) in [7, 11) is 0. The van der Waals surface area contributed by atoms with Crippen LogP contribution in [0.25, 0.3) is 0 Å². The second-order valence-corrected chi connectivity index (χ2v) is 8.54. The average molecular weight is 413 g/mol. The molecule has 0 fully saturated rings. The van der Waals surface area contributed by atoms with E-state index in [1.807, 2.05) is 0 Å². The second-order valence-electron chi connectivity index (χ2n) is 8.54. The lowest BCUT2D eigenvalue weighted by Gasteiger charge is -2.16. The van der Waals surface area contributed by atoms with E-state index >= 15 is 0 Å². The Kier molecular flexibility index (Phi) is 20.9. The third kappa shape index (κ3) is 20.0. The van der Waals surface area contributed by atoms with Gasteiger partial charge in [0.25, 0.3) is 0 Å². The molecule has 0 aliphatic heterocycles. The van der Waals surface area contributed by atoms with Crippen molar-refractivity contribution in [1.29, 1.82) is 0 Å². The van der Waals surface area contributed by atoms with Gasteiger partial charge in [0.15, 0.2) is 0 Å². The average Bonchev–Trinajstić information content (AvgIpc) is 2.70. The maximum absolute atomic E-state index is 12.6. The van der Waals surface area contributed by atoms with Crippen LogP contribution in [0.1, 0.15) is 136 Å². The molecule has 0 saturated heterocycles. The highest BCUT2D eigenvalue weighted by molar-refractivity contribution is 5.72. The van der Waals surface area contributed by atoms with Crippen LogP contribution in [0.15, 0.2) is 0 Å². The van der Waals surface area contributed by atoms with Gasteiger partial charge in [-0.2, -0.15) is 0 Å². The molecular formula is C25H48O4. The van der Waals surface area contributed by atoms with Gasteiger partial charge in [0.05, 0.1) is 12.5 Å². The van der Waals surface area contributed by atoms with E-state index < -0.39 is 5.97 Å². The van der Waals surface area contributed by atoms with Gasteiger partial charge >= 0.3 is 11.9 Å². The zero-order chi connectivity index (χ0) is 21.6. The first-order valence-corrected chi connectivity index (χ1v) is 12.5. The molecule has 0 rings (SSSR count). The Morgan fingerprint density at radius 3 is 1.62 bits per heavy atom. The molecule has 4 nitrogen and oxygen atoms in total. The third-order valence-electron chi connectivity index (χ3n) is 5.67. The topological polar surface area (TPSA) is 63.6 Å². The largest absolute Gasteiger partial charge is 0.481 e. The molecule has 0 aliphatic carbocycles. The molecule has 1 atom stereocenters. The molecular weight excluding hydrogens is 364 g/mol. The molecule has 0 aromatic heterocycles. The summed E-state index contributed by atoms with van der Waals surface area (Å²) >= 11 is 0. The van der Waals surface area contributed by atoms with Crippen LogP contribution in [0.3, 0.4) is 0 Å². The minimum atomic E-state index is -0.718. The van der Waals surface area contributed by atoms with Crippen LogP contribution in [-0.2, 0) is 14.3 Å². The van der Waals surface area contributed by atoms with Crippen molar-refractivity contribution in [1.82, 2.24) is 0 Å². The van der Waals surface area contributed by atoms with E-state index in [9.17, 15) is 9.59 Å². The van der Waals surface area contributed by atoms with Crippen LogP contribution in [0.4, 0.5) is 0 Å². The van der Waals surface area contributed by atoms with E-state index in [-0.39, 0.29) is 18.3 Å². The Labute approximate surface area is 180 Å². The Morgan fingerprint density at radius 1 is 0.655 bits per heavy atom. The molecule has 0 aliphatic rings. The van der Waals surface area contributed by atoms with Crippen LogP contribution >= 0.6 is 0 Å². The molecule has 0 aromatic carbocycles. The van der Waals surface area contributed by atoms with Gasteiger partial charge in [-0.1, -0.05) is 104 Å². The highest BCUT2D eigenvalue weighted by Crippen LogP contribution is 2.21. The maximum Gasteiger partial charge on any atom is 0.308 e. The summed E-state index contributed by atoms with van der Waals surface area (Å²) in [5.41, 5.74) is 0. The van der Waals surface area contributed by atoms with E-state index in [2.05, 4.69) is 13.8 Å². The second kappa shape index (κ2) is 21.6. The third-order valence-corrected chi connectivity index (χ3v) is 5.67. The lowest BCUT2D eigenvalue weighted by atomic mass is 9.94. The Bertz CT molecular complexity index is 381. The van der Waals surface area contributed by atoms with Crippen molar-refractivity contribution in [3.8, 4) is 0 Å². The number of ether oxygens (including phenoxy) is 1. The number of unbranched alkanes of at least 4 members (excludes halogenated alkanes) is 13. The number of esters is 1. The molecule has 0 aromatic rings. The zero-order valence-electron chi connectivity index (χ0n) is 19.4. The quantitative estimate of drug-likeness (QED) is 0.146. The smallest absolute Gasteiger partial charge is 0.308 e. The zero-order valence-corrected chi connectivity index (χ0v) is 19.4. The van der Waals surface area contributed by atoms with Gasteiger partial charge in [-0.05, 0) is 25.7 Å². The van der Waals surface area contributed by atoms with Gasteiger partial charge < -0.3 is 9.84 Å². The number of hydrogen-bond donors (Lipinski definition) is 1. The minimum absolute atomic E-state index is 0.00217. The molecule has 0 heterocycles. The normalized spacial score (nSPS) is 12.1. The molecule has 0 bridgehead atoms. The van der Waals surface area contributed by atoms with Crippen LogP contribution in [0, 0.1) is 5.92 Å². The van der Waals surface area contributed by atoms with Crippen molar-refractivity contribution in [3.05, 3.63) is 0 Å². The van der Waals surface area contributed by atoms with E-state index in [0.717, 1.165) is 57.8 Å². The molecule has 1 unspecified atom stereocenters. The molecule has 172 valence electrons. The van der Waals surface area contributed by atoms with Gasteiger partial charge in [0.2, 0.25) is 0 Å². The fourth-order valence-corrected chi connectivity index (χ4v) is 3.74. The number of carbonyl (C=O) groups is 2. The predicted molar refractivity (Wildman–Crippen MR) is 121 cm³/mol. The summed E-state index contributed by atoms with van der Waals surface area (Å²) in [5, 5.41) is 8.71. The molecule has 4 heteroatoms. The van der Waals surface area contributed by atoms with Crippen molar-refractivity contribution < 1.29 is 19.4 Å². The molecule has 0 saturated carbocycles. The Balaban J connectivity index is 4.06. The number of carboxylic acids is 1. The van der Waals surface area contributed by atoms with E-state index in [1.165, 1.54) is 57.8 Å². The highest BCUT2D eigenvalue weighted by atomic mass is 16.5. The summed E-state index contributed by atoms with van der Waals surface area (Å²) in [4.78, 5) is 23.1. The first-order chi connectivity index (χ1) is 14.1. The monoisotopic (exact) mass is 412 g/mol. The maximum atomic E-state index is 12.6. The number of aliphatic carboxylic acids is 1. The SMILES string of the molecule is CCCCCCCCOC(=O)C(CCCCCCCC)CCCCCCC(=O)O. The first kappa shape index (κ1) is 27.9. The van der Waals surface area contributed by atoms with Gasteiger partial charge in [-0.3, -0.25) is 9.59 Å². The number of carboxylic acid groups (broad SMARTS) is 1. The summed E-state index contributed by atoms with van der Waals surface area (Å²) < 4.78 is 5.60. The standard InChI is InChI=1S/C25H48O4/c1-3-5-7-9-11-15-19-23(20-16-12-13-17-21-24(26)27)25(28)29-22-18-14-10-8-6-4-2/h23H,3-22H2,1-2H3,(H,26,27). The van der Waals surface area contributed by atoms with E-state index in [4.69, 9.17) is 9.84 Å². The number of carbonyl (C=O) groups excluding carboxylic acids is 1. The van der Waals surface area contributed by atoms with E-state index in [0.29, 0.717) is 6.61 Å². The fourth-order valence-electron chi connectivity index (χ4n) is 3.74. The fraction of sp³-hybridized carbons (Fsp3) is 0.920. The number of hydrogen-bond acceptors (Lipinski definition) is 3. The lowest BCUT2D eigenvalue weighted by Crippen LogP contribution is -2.18. The van der Waals surface area contributed by atoms with Gasteiger partial charge in [-0.15, -0.1) is 0 Å². The predicted octanol–water partition coefficient (Wildman–Crippen LogP) is 7.68. The van der Waals surface area contributed by atoms with Crippen LogP contribution in [-0.4, -0.2) is 23.7 Å². The van der Waals surface area contributed by atoms with Crippen LogP contribution < -0.4 is 0 Å². The summed E-state index contributed by atoms with van der Waals surface area (Å²) in [6.07, 6.45) is 20.4. The van der Waals surface area contributed by atoms with E-state index in [1.54, 1.807) is 0 Å². The number of rotatable bonds is 22. The summed E-state index contributed by atoms with van der Waals surface area (Å²) in [6.45, 7) is 5.01. The van der Waals surface area contributed by atoms with Gasteiger partial charge in [0.1, 0.15) is 0 Å². The van der Waals surface area contributed by atoms with Crippen molar-refractivity contribution in [2.45, 2.75) is 136 Å². The summed E-state index contributed by atoms with van der Waals surface area (Å²) in [6, 6.07) is 0. The van der Waals surface area contributed by atoms with Gasteiger partial charge in [-0.25, -0.2) is 0 Å². The van der Waals surface area contributed by atoms with Crippen molar-refractivity contribution in [2.75, 3.05) is 6.61 Å². The molecule has 0 radical (unpaired) electrons. The Morgan fingerprint density at radius 2 is 1.10 bits per heavy atom. The minimum Gasteiger partial charge on any atom is -0.481 e. The van der Waals surface area contributed by atoms with Crippen LogP contribution in [0.2, 0.25) is 0 Å². The van der Waals surface area contributed by atoms with Crippen molar-refractivity contribution >= 4 is 11.9 Å². The Hall–Kier alpha value is -1.06. The molecule has 0 amide bonds. The molecule has 29 heavy (non-hydrogen) atoms. The molecule has 1 N–H and O–H groups in total. The lowest BCUT2D eigenvalue weighted by molar-refractivity contribution is -0.149. The van der Waals surface area contributed by atoms with Crippen molar-refractivity contribution in [2.24, 2.45) is 5.92 Å². The highest BCUT2D eigenvalue weighted by Gasteiger charge is 2.19. The van der Waals surface area contributed by atoms with Crippen LogP contribution in [0.5, 0.6) is 0 Å². The summed E-state index contributed by atoms with van der Waals surface area (Å²) in [5.74, 6) is -0.692.